The Balaban J connectivity index is 3.13. The Hall–Kier alpha value is -2.30. The Morgan fingerprint density at radius 3 is 2.50 bits per heavy atom. The summed E-state index contributed by atoms with van der Waals surface area (Å²) < 4.78 is 9.32. The lowest BCUT2D eigenvalue weighted by Gasteiger charge is -2.08. The lowest BCUT2D eigenvalue weighted by atomic mass is 10.1. The van der Waals surface area contributed by atoms with E-state index in [1.165, 1.54) is 7.11 Å². The van der Waals surface area contributed by atoms with Crippen molar-refractivity contribution in [3.63, 3.8) is 0 Å². The van der Waals surface area contributed by atoms with Gasteiger partial charge in [0.1, 0.15) is 11.5 Å². The molecule has 0 aliphatic carbocycles. The summed E-state index contributed by atoms with van der Waals surface area (Å²) in [4.78, 5) is 22.2. The smallest absolute Gasteiger partial charge is 0.378 e. The van der Waals surface area contributed by atoms with Crippen LogP contribution < -0.4 is 4.74 Å². The average Bonchev–Trinajstić information content (AvgIpc) is 2.37. The maximum absolute atomic E-state index is 11.3. The highest BCUT2D eigenvalue weighted by Crippen LogP contribution is 2.25. The fourth-order valence-corrected chi connectivity index (χ4v) is 1.38. The maximum Gasteiger partial charge on any atom is 0.378 e. The molecule has 18 heavy (non-hydrogen) atoms. The molecule has 0 unspecified atom stereocenters. The van der Waals surface area contributed by atoms with E-state index in [0.717, 1.165) is 18.7 Å². The monoisotopic (exact) mass is 250 g/mol. The van der Waals surface area contributed by atoms with E-state index in [2.05, 4.69) is 4.74 Å². The first kappa shape index (κ1) is 13.8. The van der Waals surface area contributed by atoms with Crippen molar-refractivity contribution in [2.24, 2.45) is 0 Å². The van der Waals surface area contributed by atoms with Crippen LogP contribution in [0.25, 0.3) is 5.76 Å². The van der Waals surface area contributed by atoms with Crippen LogP contribution in [0.4, 0.5) is 0 Å². The number of carbonyl (C=O) groups excluding carboxylic acids is 2. The Morgan fingerprint density at radius 1 is 1.28 bits per heavy atom. The predicted molar refractivity (Wildman–Crippen MR) is 65.4 cm³/mol. The second-order valence-corrected chi connectivity index (χ2v) is 3.59. The van der Waals surface area contributed by atoms with E-state index in [1.54, 1.807) is 18.2 Å². The molecule has 0 saturated carbocycles. The van der Waals surface area contributed by atoms with Crippen LogP contribution in [0.2, 0.25) is 0 Å². The zero-order valence-electron chi connectivity index (χ0n) is 10.4. The molecule has 1 aromatic carbocycles. The van der Waals surface area contributed by atoms with Gasteiger partial charge in [-0.1, -0.05) is 11.6 Å². The van der Waals surface area contributed by atoms with Crippen LogP contribution in [0.15, 0.2) is 24.3 Å². The molecule has 0 spiro atoms. The van der Waals surface area contributed by atoms with E-state index in [1.807, 2.05) is 6.92 Å². The van der Waals surface area contributed by atoms with Gasteiger partial charge in [0.2, 0.25) is 0 Å². The van der Waals surface area contributed by atoms with Gasteiger partial charge < -0.3 is 14.6 Å². The van der Waals surface area contributed by atoms with Gasteiger partial charge in [0, 0.05) is 6.08 Å². The summed E-state index contributed by atoms with van der Waals surface area (Å²) in [6, 6.07) is 5.12. The molecule has 1 N–H and O–H groups in total. The first-order valence-electron chi connectivity index (χ1n) is 5.17. The lowest BCUT2D eigenvalue weighted by molar-refractivity contribution is -0.149. The third-order valence-electron chi connectivity index (χ3n) is 2.29. The van der Waals surface area contributed by atoms with Crippen LogP contribution in [0.5, 0.6) is 5.75 Å². The van der Waals surface area contributed by atoms with Gasteiger partial charge in [0.25, 0.3) is 5.78 Å². The first-order chi connectivity index (χ1) is 8.49. The van der Waals surface area contributed by atoms with Gasteiger partial charge in [-0.25, -0.2) is 4.79 Å². The van der Waals surface area contributed by atoms with Gasteiger partial charge >= 0.3 is 5.97 Å². The summed E-state index contributed by atoms with van der Waals surface area (Å²) in [5.74, 6) is -1.90. The van der Waals surface area contributed by atoms with Crippen LogP contribution in [0.3, 0.4) is 0 Å². The normalized spacial score (nSPS) is 10.9. The summed E-state index contributed by atoms with van der Waals surface area (Å²) in [7, 11) is 2.54. The number of ketones is 1. The fraction of sp³-hybridized carbons (Fsp3) is 0.231. The summed E-state index contributed by atoms with van der Waals surface area (Å²) in [5.41, 5.74) is 1.23. The standard InChI is InChI=1S/C13H14O5/c1-8-4-5-12(17-2)9(6-8)10(14)7-11(15)13(16)18-3/h4-7,14H,1-3H3. The number of hydrogen-bond acceptors (Lipinski definition) is 5. The molecule has 0 fully saturated rings. The molecule has 0 atom stereocenters. The van der Waals surface area contributed by atoms with Gasteiger partial charge in [-0.2, -0.15) is 0 Å². The second kappa shape index (κ2) is 5.86. The maximum atomic E-state index is 11.3. The van der Waals surface area contributed by atoms with Gasteiger partial charge in [-0.15, -0.1) is 0 Å². The van der Waals surface area contributed by atoms with Gasteiger partial charge in [0.05, 0.1) is 19.8 Å². The van der Waals surface area contributed by atoms with E-state index in [-0.39, 0.29) is 5.76 Å². The molecule has 1 rings (SSSR count). The van der Waals surface area contributed by atoms with E-state index in [4.69, 9.17) is 4.74 Å². The summed E-state index contributed by atoms with van der Waals surface area (Å²) in [5, 5.41) is 9.82. The van der Waals surface area contributed by atoms with Crippen molar-refractivity contribution in [2.75, 3.05) is 14.2 Å². The van der Waals surface area contributed by atoms with Crippen molar-refractivity contribution >= 4 is 17.5 Å². The molecular formula is C13H14O5. The number of aryl methyl sites for hydroxylation is 1. The lowest BCUT2D eigenvalue weighted by Crippen LogP contribution is -2.13. The number of carbonyl (C=O) groups is 2. The zero-order chi connectivity index (χ0) is 13.7. The van der Waals surface area contributed by atoms with E-state index in [0.29, 0.717) is 11.3 Å². The minimum Gasteiger partial charge on any atom is -0.507 e. The summed E-state index contributed by atoms with van der Waals surface area (Å²) in [6.07, 6.45) is 0.809. The molecule has 0 bridgehead atoms. The van der Waals surface area contributed by atoms with E-state index >= 15 is 0 Å². The van der Waals surface area contributed by atoms with E-state index in [9.17, 15) is 14.7 Å². The van der Waals surface area contributed by atoms with Crippen LogP contribution in [-0.4, -0.2) is 31.1 Å². The summed E-state index contributed by atoms with van der Waals surface area (Å²) in [6.45, 7) is 1.83. The van der Waals surface area contributed by atoms with Gasteiger partial charge in [-0.05, 0) is 19.1 Å². The van der Waals surface area contributed by atoms with E-state index < -0.39 is 11.8 Å². The molecule has 5 heteroatoms. The topological polar surface area (TPSA) is 72.8 Å². The third-order valence-corrected chi connectivity index (χ3v) is 2.29. The van der Waals surface area contributed by atoms with Crippen LogP contribution >= 0.6 is 0 Å². The molecule has 0 aliphatic heterocycles. The minimum absolute atomic E-state index is 0.342. The highest BCUT2D eigenvalue weighted by atomic mass is 16.5. The number of ether oxygens (including phenoxy) is 2. The Bertz CT molecular complexity index is 502. The van der Waals surface area contributed by atoms with Crippen molar-refractivity contribution in [1.29, 1.82) is 0 Å². The number of esters is 1. The molecule has 96 valence electrons. The molecule has 0 heterocycles. The minimum atomic E-state index is -1.03. The van der Waals surface area contributed by atoms with Crippen molar-refractivity contribution in [1.82, 2.24) is 0 Å². The second-order valence-electron chi connectivity index (χ2n) is 3.59. The van der Waals surface area contributed by atoms with Crippen molar-refractivity contribution in [3.8, 4) is 5.75 Å². The Morgan fingerprint density at radius 2 is 1.94 bits per heavy atom. The number of aliphatic hydroxyl groups excluding tert-OH is 1. The molecular weight excluding hydrogens is 236 g/mol. The first-order valence-corrected chi connectivity index (χ1v) is 5.17. The van der Waals surface area contributed by atoms with Crippen molar-refractivity contribution < 1.29 is 24.2 Å². The number of methoxy groups -OCH3 is 2. The summed E-state index contributed by atoms with van der Waals surface area (Å²) >= 11 is 0. The number of hydrogen-bond donors (Lipinski definition) is 1. The zero-order valence-corrected chi connectivity index (χ0v) is 10.4. The number of rotatable bonds is 4. The number of aliphatic hydroxyl groups is 1. The quantitative estimate of drug-likeness (QED) is 0.380. The number of benzene rings is 1. The molecule has 1 aromatic rings. The highest BCUT2D eigenvalue weighted by Gasteiger charge is 2.15. The van der Waals surface area contributed by atoms with Crippen molar-refractivity contribution in [3.05, 3.63) is 35.4 Å². The molecule has 0 amide bonds. The SMILES string of the molecule is COC(=O)C(=O)C=C(O)c1cc(C)ccc1OC. The molecule has 5 nitrogen and oxygen atoms in total. The van der Waals surface area contributed by atoms with Gasteiger partial charge in [0.15, 0.2) is 0 Å². The largest absolute Gasteiger partial charge is 0.507 e. The molecule has 0 radical (unpaired) electrons. The fourth-order valence-electron chi connectivity index (χ4n) is 1.38. The molecule has 0 aliphatic rings. The van der Waals surface area contributed by atoms with Crippen LogP contribution in [0, 0.1) is 6.92 Å². The van der Waals surface area contributed by atoms with Gasteiger partial charge in [-0.3, -0.25) is 4.79 Å². The van der Waals surface area contributed by atoms with Crippen molar-refractivity contribution in [2.45, 2.75) is 6.92 Å². The highest BCUT2D eigenvalue weighted by molar-refractivity contribution is 6.39. The predicted octanol–water partition coefficient (Wildman–Crippen LogP) is 1.64. The molecule has 0 saturated heterocycles. The van der Waals surface area contributed by atoms with Crippen LogP contribution in [-0.2, 0) is 14.3 Å². The Kier molecular flexibility index (Phi) is 4.48. The average molecular weight is 250 g/mol. The molecule has 0 aromatic heterocycles. The Labute approximate surface area is 105 Å². The third kappa shape index (κ3) is 3.10. The van der Waals surface area contributed by atoms with Crippen LogP contribution in [0.1, 0.15) is 11.1 Å².